The number of anilines is 1. The first-order valence-corrected chi connectivity index (χ1v) is 12.4. The number of aliphatic imine (C=N–C) groups is 1. The van der Waals surface area contributed by atoms with Gasteiger partial charge in [0, 0.05) is 30.2 Å². The Morgan fingerprint density at radius 1 is 1.00 bits per heavy atom. The molecule has 1 heterocycles. The lowest BCUT2D eigenvalue weighted by Crippen LogP contribution is -3.00. The molecule has 0 fully saturated rings. The number of aromatic nitrogens is 1. The van der Waals surface area contributed by atoms with Gasteiger partial charge in [-0.1, -0.05) is 18.0 Å². The Morgan fingerprint density at radius 3 is 2.45 bits per heavy atom. The molecule has 13 heteroatoms. The molecule has 1 aromatic carbocycles. The van der Waals surface area contributed by atoms with E-state index in [4.69, 9.17) is 41.5 Å². The second kappa shape index (κ2) is 20.7. The van der Waals surface area contributed by atoms with Crippen LogP contribution in [0.15, 0.2) is 53.8 Å². The fourth-order valence-electron chi connectivity index (χ4n) is 2.94. The number of carbonyl (C=O) groups excluding carboxylic acids is 1. The number of hydrogen-bond acceptors (Lipinski definition) is 8. The zero-order chi connectivity index (χ0) is 26.6. The van der Waals surface area contributed by atoms with Crippen LogP contribution in [-0.2, 0) is 20.9 Å². The summed E-state index contributed by atoms with van der Waals surface area (Å²) in [6, 6.07) is 10.9. The van der Waals surface area contributed by atoms with Gasteiger partial charge in [0.25, 0.3) is 6.73 Å². The summed E-state index contributed by atoms with van der Waals surface area (Å²) >= 11 is 5.86. The lowest BCUT2D eigenvalue weighted by Gasteiger charge is -2.08. The molecule has 0 saturated carbocycles. The maximum absolute atomic E-state index is 11.6. The first-order valence-electron chi connectivity index (χ1n) is 12.0. The maximum Gasteiger partial charge on any atom is 0.513 e. The molecule has 0 spiro atoms. The zero-order valence-corrected chi connectivity index (χ0v) is 22.6. The van der Waals surface area contributed by atoms with Crippen molar-refractivity contribution in [2.75, 3.05) is 44.8 Å². The normalized spacial score (nSPS) is 10.6. The fourth-order valence-corrected chi connectivity index (χ4v) is 3.07. The van der Waals surface area contributed by atoms with Crippen molar-refractivity contribution in [3.8, 4) is 11.9 Å². The van der Waals surface area contributed by atoms with E-state index in [9.17, 15) is 4.79 Å². The summed E-state index contributed by atoms with van der Waals surface area (Å²) in [5.41, 5.74) is 6.02. The van der Waals surface area contributed by atoms with Gasteiger partial charge in [-0.3, -0.25) is 10.3 Å². The molecule has 208 valence electrons. The summed E-state index contributed by atoms with van der Waals surface area (Å²) < 4.78 is 22.4. The van der Waals surface area contributed by atoms with E-state index in [1.807, 2.05) is 18.3 Å². The number of unbranched alkanes of at least 4 members (excludes halogenated alkanes) is 3. The molecule has 0 unspecified atom stereocenters. The van der Waals surface area contributed by atoms with Crippen LogP contribution in [0, 0.1) is 11.5 Å². The molecule has 38 heavy (non-hydrogen) atoms. The van der Waals surface area contributed by atoms with Gasteiger partial charge in [-0.15, -0.1) is 0 Å². The second-order valence-corrected chi connectivity index (χ2v) is 8.12. The molecule has 0 bridgehead atoms. The van der Waals surface area contributed by atoms with Gasteiger partial charge < -0.3 is 42.4 Å². The van der Waals surface area contributed by atoms with Gasteiger partial charge in [0.15, 0.2) is 18.6 Å². The highest BCUT2D eigenvalue weighted by Gasteiger charge is 2.09. The summed E-state index contributed by atoms with van der Waals surface area (Å²) in [4.78, 5) is 16.0. The number of nitrogens with two attached hydrogens (primary N) is 1. The third-order valence-corrected chi connectivity index (χ3v) is 5.03. The van der Waals surface area contributed by atoms with Gasteiger partial charge >= 0.3 is 6.16 Å². The van der Waals surface area contributed by atoms with Crippen LogP contribution in [0.2, 0.25) is 5.02 Å². The lowest BCUT2D eigenvalue weighted by molar-refractivity contribution is -0.727. The molecular formula is C25H34Cl2N6O5. The molecule has 0 atom stereocenters. The van der Waals surface area contributed by atoms with E-state index in [1.165, 1.54) is 0 Å². The monoisotopic (exact) mass is 568 g/mol. The molecule has 0 aliphatic heterocycles. The average molecular weight is 569 g/mol. The quantitative estimate of drug-likeness (QED) is 0.0491. The molecular weight excluding hydrogens is 535 g/mol. The van der Waals surface area contributed by atoms with Crippen molar-refractivity contribution in [2.45, 2.75) is 32.4 Å². The van der Waals surface area contributed by atoms with Gasteiger partial charge in [0.2, 0.25) is 5.96 Å². The molecule has 0 aliphatic carbocycles. The first kappa shape index (κ1) is 32.7. The largest absolute Gasteiger partial charge is 1.00 e. The maximum atomic E-state index is 11.6. The molecule has 2 aromatic rings. The number of nitrogens with one attached hydrogen (secondary N) is 2. The Bertz CT molecular complexity index is 987. The molecule has 11 nitrogen and oxygen atoms in total. The average Bonchev–Trinajstić information content (AvgIpc) is 2.90. The number of rotatable bonds is 16. The molecule has 0 saturated heterocycles. The number of pyridine rings is 1. The number of nitrogens with zero attached hydrogens (tertiary/aromatic N) is 3. The first-order chi connectivity index (χ1) is 18.1. The standard InChI is InChI=1S/C25H33ClN6O5.ClH/c26-21-5-7-23(8-6-21)35-15-4-2-1-3-12-29-24(30-19-28)31-22-9-13-32(14-10-22)20-37-25(33)36-18-17-34-16-11-27;/h5-10,13-14H,1-4,11-12,15-18,20,27H2,(H,29,30);1H. The summed E-state index contributed by atoms with van der Waals surface area (Å²) in [6.45, 7) is 2.40. The van der Waals surface area contributed by atoms with Crippen molar-refractivity contribution >= 4 is 29.4 Å². The van der Waals surface area contributed by atoms with Crippen molar-refractivity contribution in [3.63, 3.8) is 0 Å². The number of nitriles is 1. The van der Waals surface area contributed by atoms with Crippen molar-refractivity contribution < 1.29 is 40.7 Å². The molecule has 0 radical (unpaired) electrons. The predicted octanol–water partition coefficient (Wildman–Crippen LogP) is 0.195. The molecule has 2 rings (SSSR count). The minimum absolute atomic E-state index is 0. The van der Waals surface area contributed by atoms with Crippen molar-refractivity contribution in [3.05, 3.63) is 53.8 Å². The summed E-state index contributed by atoms with van der Waals surface area (Å²) in [5, 5.41) is 15.3. The SMILES string of the molecule is N#CNC(=NCCCCCCOc1ccc(Cl)cc1)Nc1cc[n+](COC(=O)OCCOCCN)cc1.[Cl-]. The van der Waals surface area contributed by atoms with Crippen LogP contribution in [0.4, 0.5) is 10.5 Å². The highest BCUT2D eigenvalue weighted by atomic mass is 35.5. The number of benzene rings is 1. The van der Waals surface area contributed by atoms with E-state index in [0.29, 0.717) is 37.3 Å². The Kier molecular flexibility index (Phi) is 17.8. The number of guanidine groups is 1. The van der Waals surface area contributed by atoms with Crippen molar-refractivity contribution in [1.29, 1.82) is 5.26 Å². The number of hydrogen-bond donors (Lipinski definition) is 3. The van der Waals surface area contributed by atoms with Crippen LogP contribution in [0.25, 0.3) is 0 Å². The van der Waals surface area contributed by atoms with E-state index in [0.717, 1.165) is 37.1 Å². The topological polar surface area (TPSA) is 144 Å². The number of ether oxygens (including phenoxy) is 4. The lowest BCUT2D eigenvalue weighted by atomic mass is 10.2. The van der Waals surface area contributed by atoms with E-state index in [1.54, 1.807) is 41.2 Å². The Labute approximate surface area is 234 Å². The van der Waals surface area contributed by atoms with Crippen LogP contribution in [0.3, 0.4) is 0 Å². The minimum atomic E-state index is -0.784. The molecule has 4 N–H and O–H groups in total. The summed E-state index contributed by atoms with van der Waals surface area (Å²) in [7, 11) is 0. The third kappa shape index (κ3) is 15.1. The van der Waals surface area contributed by atoms with Gasteiger partial charge in [-0.25, -0.2) is 4.79 Å². The fraction of sp³-hybridized carbons (Fsp3) is 0.440. The summed E-state index contributed by atoms with van der Waals surface area (Å²) in [5.74, 6) is 1.18. The second-order valence-electron chi connectivity index (χ2n) is 7.68. The Balaban J connectivity index is 0.00000722. The van der Waals surface area contributed by atoms with E-state index < -0.39 is 6.16 Å². The summed E-state index contributed by atoms with van der Waals surface area (Å²) in [6.07, 6.45) is 8.40. The van der Waals surface area contributed by atoms with Crippen LogP contribution in [0.5, 0.6) is 5.75 Å². The molecule has 0 amide bonds. The third-order valence-electron chi connectivity index (χ3n) is 4.77. The minimum Gasteiger partial charge on any atom is -1.00 e. The van der Waals surface area contributed by atoms with Crippen molar-refractivity contribution in [1.82, 2.24) is 5.32 Å². The highest BCUT2D eigenvalue weighted by Crippen LogP contribution is 2.16. The van der Waals surface area contributed by atoms with Crippen LogP contribution in [-0.4, -0.2) is 51.6 Å². The van der Waals surface area contributed by atoms with E-state index >= 15 is 0 Å². The van der Waals surface area contributed by atoms with Gasteiger partial charge in [0.1, 0.15) is 12.4 Å². The van der Waals surface area contributed by atoms with Crippen LogP contribution in [0.1, 0.15) is 25.7 Å². The zero-order valence-electron chi connectivity index (χ0n) is 21.1. The van der Waals surface area contributed by atoms with Gasteiger partial charge in [-0.05, 0) is 43.5 Å². The number of halogens is 2. The predicted molar refractivity (Wildman–Crippen MR) is 139 cm³/mol. The van der Waals surface area contributed by atoms with Crippen molar-refractivity contribution in [2.24, 2.45) is 10.7 Å². The molecule has 1 aromatic heterocycles. The van der Waals surface area contributed by atoms with E-state index in [-0.39, 0.29) is 32.4 Å². The Morgan fingerprint density at radius 2 is 1.74 bits per heavy atom. The highest BCUT2D eigenvalue weighted by molar-refractivity contribution is 6.30. The van der Waals surface area contributed by atoms with Crippen LogP contribution >= 0.6 is 11.6 Å². The molecule has 0 aliphatic rings. The van der Waals surface area contributed by atoms with Crippen LogP contribution < -0.4 is 38.1 Å². The smallest absolute Gasteiger partial charge is 0.513 e. The van der Waals surface area contributed by atoms with Gasteiger partial charge in [-0.2, -0.15) is 9.83 Å². The van der Waals surface area contributed by atoms with Gasteiger partial charge in [0.05, 0.1) is 25.5 Å². The number of carbonyl (C=O) groups is 1. The Hall–Kier alpha value is -3.30. The van der Waals surface area contributed by atoms with E-state index in [2.05, 4.69) is 15.6 Å².